The van der Waals surface area contributed by atoms with Gasteiger partial charge in [0.25, 0.3) is 0 Å². The van der Waals surface area contributed by atoms with E-state index < -0.39 is 17.1 Å². The first-order chi connectivity index (χ1) is 5.88. The van der Waals surface area contributed by atoms with Crippen LogP contribution >= 0.6 is 24.8 Å². The van der Waals surface area contributed by atoms with Gasteiger partial charge in [0.05, 0.1) is 0 Å². The number of hydrogen-bond acceptors (Lipinski definition) is 0. The zero-order valence-corrected chi connectivity index (χ0v) is 13.4. The van der Waals surface area contributed by atoms with Gasteiger partial charge in [-0.2, -0.15) is 0 Å². The van der Waals surface area contributed by atoms with Crippen LogP contribution in [0.4, 0.5) is 0 Å². The molecule has 0 saturated heterocycles. The van der Waals surface area contributed by atoms with Gasteiger partial charge in [0.1, 0.15) is 0 Å². The Bertz CT molecular complexity index is 275. The Kier molecular flexibility index (Phi) is 7.09. The van der Waals surface area contributed by atoms with Crippen LogP contribution in [0.1, 0.15) is 12.8 Å². The molecule has 0 spiro atoms. The fraction of sp³-hybridized carbons (Fsp3) is 0.200. The minimum atomic E-state index is -0.843. The van der Waals surface area contributed by atoms with E-state index in [-0.39, 0.29) is 24.8 Å². The molecule has 0 N–H and O–H groups in total. The van der Waals surface area contributed by atoms with E-state index in [0.717, 1.165) is 0 Å². The topological polar surface area (TPSA) is 0 Å². The summed E-state index contributed by atoms with van der Waals surface area (Å²) in [6.45, 7) is 0. The van der Waals surface area contributed by atoms with E-state index >= 15 is 0 Å². The average Bonchev–Trinajstić information content (AvgIpc) is 2.77. The molecule has 77 valence electrons. The number of rotatable bonds is 2. The summed E-state index contributed by atoms with van der Waals surface area (Å²) in [6, 6.07) is 0. The van der Waals surface area contributed by atoms with Crippen molar-refractivity contribution in [2.24, 2.45) is 0 Å². The second-order valence-corrected chi connectivity index (χ2v) is 11.4. The third-order valence-electron chi connectivity index (χ3n) is 2.51. The van der Waals surface area contributed by atoms with E-state index in [1.165, 1.54) is 21.0 Å². The molecule has 14 heavy (non-hydrogen) atoms. The molecule has 0 nitrogen and oxygen atoms in total. The van der Waals surface area contributed by atoms with Crippen molar-refractivity contribution < 1.29 is 17.1 Å². The van der Waals surface area contributed by atoms with Crippen molar-refractivity contribution in [2.45, 2.75) is 12.8 Å². The maximum absolute atomic E-state index is 2.36. The third-order valence-corrected chi connectivity index (χ3v) is 12.0. The van der Waals surface area contributed by atoms with Gasteiger partial charge in [-0.15, -0.1) is 24.8 Å². The van der Waals surface area contributed by atoms with Crippen LogP contribution in [-0.2, 0) is 17.1 Å². The van der Waals surface area contributed by atoms with Crippen molar-refractivity contribution in [3.8, 4) is 0 Å². The summed E-state index contributed by atoms with van der Waals surface area (Å²) in [5, 5.41) is 0. The van der Waals surface area contributed by atoms with E-state index in [0.29, 0.717) is 0 Å². The fourth-order valence-corrected chi connectivity index (χ4v) is 7.76. The SMILES string of the molecule is Cl.Cl.[SiH3][Ti]([C]1=CC=CC1)[C]1=CC=CC1. The van der Waals surface area contributed by atoms with Crippen LogP contribution in [0, 0.1) is 0 Å². The first-order valence-electron chi connectivity index (χ1n) is 4.43. The van der Waals surface area contributed by atoms with Crippen molar-refractivity contribution in [3.05, 3.63) is 44.2 Å². The standard InChI is InChI=1S/2C5H5.2ClH.H3Si.Ti/c2*1-2-4-5-3-1;;;;/h2*1-3H,4H2;2*1H;1H3;. The van der Waals surface area contributed by atoms with Gasteiger partial charge in [-0.1, -0.05) is 0 Å². The minimum absolute atomic E-state index is 0. The van der Waals surface area contributed by atoms with Crippen LogP contribution in [0.2, 0.25) is 0 Å². The van der Waals surface area contributed by atoms with Crippen molar-refractivity contribution in [1.82, 2.24) is 0 Å². The molecule has 0 unspecified atom stereocenters. The van der Waals surface area contributed by atoms with Crippen LogP contribution in [0.25, 0.3) is 0 Å². The Morgan fingerprint density at radius 2 is 1.36 bits per heavy atom. The third kappa shape index (κ3) is 3.25. The molecule has 0 heterocycles. The molecule has 0 aromatic carbocycles. The van der Waals surface area contributed by atoms with Crippen molar-refractivity contribution >= 4 is 32.9 Å². The molecule has 2 aliphatic carbocycles. The molecular weight excluding hydrogens is 267 g/mol. The molecule has 0 amide bonds. The molecule has 0 fully saturated rings. The second kappa shape index (κ2) is 6.86. The van der Waals surface area contributed by atoms with E-state index in [9.17, 15) is 0 Å². The predicted molar refractivity (Wildman–Crippen MR) is 68.1 cm³/mol. The summed E-state index contributed by atoms with van der Waals surface area (Å²) >= 11 is -0.843. The van der Waals surface area contributed by atoms with E-state index in [2.05, 4.69) is 36.5 Å². The van der Waals surface area contributed by atoms with Gasteiger partial charge in [0.15, 0.2) is 0 Å². The maximum atomic E-state index is 2.36. The number of hydrogen-bond donors (Lipinski definition) is 0. The van der Waals surface area contributed by atoms with E-state index in [1.807, 2.05) is 0 Å². The van der Waals surface area contributed by atoms with Crippen LogP contribution in [-0.4, -0.2) is 8.11 Å². The number of halogens is 2. The second-order valence-electron chi connectivity index (χ2n) is 3.27. The first-order valence-corrected chi connectivity index (χ1v) is 11.7. The molecule has 0 aromatic heterocycles. The Balaban J connectivity index is 0.000000845. The zero-order valence-electron chi connectivity index (χ0n) is 8.19. The quantitative estimate of drug-likeness (QED) is 0.682. The molecule has 4 heteroatoms. The van der Waals surface area contributed by atoms with Gasteiger partial charge in [0, 0.05) is 0 Å². The summed E-state index contributed by atoms with van der Waals surface area (Å²) in [7, 11) is 1.42. The molecule has 0 bridgehead atoms. The summed E-state index contributed by atoms with van der Waals surface area (Å²) in [5.74, 6) is 0. The molecular formula is C10H15Cl2SiTi. The summed E-state index contributed by atoms with van der Waals surface area (Å²) in [6.07, 6.45) is 16.3. The Morgan fingerprint density at radius 1 is 0.929 bits per heavy atom. The normalized spacial score (nSPS) is 17.1. The molecule has 2 aliphatic rings. The van der Waals surface area contributed by atoms with Crippen molar-refractivity contribution in [3.63, 3.8) is 0 Å². The van der Waals surface area contributed by atoms with Crippen molar-refractivity contribution in [2.75, 3.05) is 0 Å². The molecule has 0 atom stereocenters. The molecule has 2 rings (SSSR count). The monoisotopic (exact) mass is 281 g/mol. The van der Waals surface area contributed by atoms with Crippen molar-refractivity contribution in [1.29, 1.82) is 0 Å². The molecule has 0 saturated carbocycles. The molecule has 0 radical (unpaired) electrons. The van der Waals surface area contributed by atoms with Gasteiger partial charge in [-0.3, -0.25) is 0 Å². The van der Waals surface area contributed by atoms with Crippen LogP contribution in [0.15, 0.2) is 44.2 Å². The van der Waals surface area contributed by atoms with Gasteiger partial charge >= 0.3 is 82.3 Å². The van der Waals surface area contributed by atoms with Gasteiger partial charge in [-0.25, -0.2) is 0 Å². The van der Waals surface area contributed by atoms with Gasteiger partial charge in [0.2, 0.25) is 0 Å². The molecule has 0 aliphatic heterocycles. The Hall–Kier alpha value is 0.471. The fourth-order valence-electron chi connectivity index (χ4n) is 1.66. The average molecular weight is 282 g/mol. The Morgan fingerprint density at radius 3 is 1.64 bits per heavy atom. The van der Waals surface area contributed by atoms with Gasteiger partial charge < -0.3 is 0 Å². The van der Waals surface area contributed by atoms with Crippen LogP contribution < -0.4 is 0 Å². The van der Waals surface area contributed by atoms with E-state index in [4.69, 9.17) is 0 Å². The summed E-state index contributed by atoms with van der Waals surface area (Å²) in [5.41, 5.74) is 0. The summed E-state index contributed by atoms with van der Waals surface area (Å²) in [4.78, 5) is 0. The molecule has 0 aromatic rings. The Labute approximate surface area is 107 Å². The van der Waals surface area contributed by atoms with Gasteiger partial charge in [-0.05, 0) is 0 Å². The van der Waals surface area contributed by atoms with Crippen LogP contribution in [0.5, 0.6) is 0 Å². The zero-order chi connectivity index (χ0) is 8.39. The van der Waals surface area contributed by atoms with E-state index in [1.54, 1.807) is 7.76 Å². The first kappa shape index (κ1) is 14.5. The predicted octanol–water partition coefficient (Wildman–Crippen LogP) is 2.42. The summed E-state index contributed by atoms with van der Waals surface area (Å²) < 4.78 is 3.58. The van der Waals surface area contributed by atoms with Crippen LogP contribution in [0.3, 0.4) is 0 Å². The number of allylic oxidation sites excluding steroid dienone is 8.